The molecule has 3 nitrogen and oxygen atoms in total. The quantitative estimate of drug-likeness (QED) is 0.925. The maximum atomic E-state index is 9.26. The maximum Gasteiger partial charge on any atom is 0.101 e. The second kappa shape index (κ2) is 6.93. The van der Waals surface area contributed by atoms with Crippen molar-refractivity contribution in [3.8, 4) is 6.07 Å². The molecule has 0 amide bonds. The van der Waals surface area contributed by atoms with Gasteiger partial charge in [-0.15, -0.1) is 0 Å². The third-order valence-corrected chi connectivity index (χ3v) is 4.17. The number of hydrogen-bond acceptors (Lipinski definition) is 3. The summed E-state index contributed by atoms with van der Waals surface area (Å²) in [6.45, 7) is 6.34. The van der Waals surface area contributed by atoms with Crippen molar-refractivity contribution in [2.45, 2.75) is 19.8 Å². The standard InChI is InChI=1S/C15H20BrN3/c1-2-19(11-12-4-3-7-18-10-12)15-8-14(16)6-5-13(15)9-17/h5-6,8,12,18H,2-4,7,10-11H2,1H3. The van der Waals surface area contributed by atoms with Crippen LogP contribution in [0.25, 0.3) is 0 Å². The number of nitrogens with one attached hydrogen (secondary N) is 1. The lowest BCUT2D eigenvalue weighted by molar-refractivity contribution is 0.378. The molecule has 1 heterocycles. The fourth-order valence-corrected chi connectivity index (χ4v) is 3.00. The summed E-state index contributed by atoms with van der Waals surface area (Å²) >= 11 is 3.50. The highest BCUT2D eigenvalue weighted by Crippen LogP contribution is 2.26. The molecule has 0 radical (unpaired) electrons. The molecule has 1 unspecified atom stereocenters. The lowest BCUT2D eigenvalue weighted by atomic mass is 9.98. The molecule has 1 aromatic rings. The van der Waals surface area contributed by atoms with Gasteiger partial charge in [-0.25, -0.2) is 0 Å². The molecule has 1 saturated heterocycles. The zero-order chi connectivity index (χ0) is 13.7. The molecular weight excluding hydrogens is 302 g/mol. The molecule has 0 bridgehead atoms. The van der Waals surface area contributed by atoms with E-state index in [1.165, 1.54) is 12.8 Å². The Labute approximate surface area is 123 Å². The highest BCUT2D eigenvalue weighted by Gasteiger charge is 2.18. The van der Waals surface area contributed by atoms with Crippen LogP contribution in [0.4, 0.5) is 5.69 Å². The van der Waals surface area contributed by atoms with Crippen LogP contribution in [0.1, 0.15) is 25.3 Å². The van der Waals surface area contributed by atoms with E-state index in [2.05, 4.69) is 45.2 Å². The molecule has 1 fully saturated rings. The van der Waals surface area contributed by atoms with E-state index in [1.54, 1.807) is 0 Å². The van der Waals surface area contributed by atoms with Gasteiger partial charge >= 0.3 is 0 Å². The third-order valence-electron chi connectivity index (χ3n) is 3.68. The van der Waals surface area contributed by atoms with Gasteiger partial charge in [-0.05, 0) is 57.0 Å². The first-order chi connectivity index (χ1) is 9.24. The summed E-state index contributed by atoms with van der Waals surface area (Å²) in [5.41, 5.74) is 1.80. The molecule has 4 heteroatoms. The van der Waals surface area contributed by atoms with Crippen LogP contribution in [0.15, 0.2) is 22.7 Å². The molecule has 0 spiro atoms. The number of nitriles is 1. The summed E-state index contributed by atoms with van der Waals surface area (Å²) < 4.78 is 1.03. The maximum absolute atomic E-state index is 9.26. The van der Waals surface area contributed by atoms with Gasteiger partial charge in [0, 0.05) is 17.6 Å². The van der Waals surface area contributed by atoms with Crippen molar-refractivity contribution in [3.05, 3.63) is 28.2 Å². The van der Waals surface area contributed by atoms with E-state index >= 15 is 0 Å². The minimum Gasteiger partial charge on any atom is -0.370 e. The molecule has 19 heavy (non-hydrogen) atoms. The molecule has 0 saturated carbocycles. The number of hydrogen-bond donors (Lipinski definition) is 1. The lowest BCUT2D eigenvalue weighted by Gasteiger charge is -2.31. The van der Waals surface area contributed by atoms with Gasteiger partial charge in [0.05, 0.1) is 11.3 Å². The van der Waals surface area contributed by atoms with Crippen molar-refractivity contribution < 1.29 is 0 Å². The van der Waals surface area contributed by atoms with Crippen LogP contribution in [0, 0.1) is 17.2 Å². The van der Waals surface area contributed by atoms with Crippen LogP contribution in [-0.2, 0) is 0 Å². The predicted octanol–water partition coefficient (Wildman–Crippen LogP) is 3.15. The predicted molar refractivity (Wildman–Crippen MR) is 82.3 cm³/mol. The summed E-state index contributed by atoms with van der Waals surface area (Å²) in [4.78, 5) is 2.32. The van der Waals surface area contributed by atoms with E-state index in [1.807, 2.05) is 12.1 Å². The number of rotatable bonds is 4. The van der Waals surface area contributed by atoms with Crippen molar-refractivity contribution >= 4 is 21.6 Å². The Kier molecular flexibility index (Phi) is 5.24. The summed E-state index contributed by atoms with van der Waals surface area (Å²) in [6, 6.07) is 8.17. The molecule has 1 aliphatic rings. The molecule has 102 valence electrons. The zero-order valence-corrected chi connectivity index (χ0v) is 12.9. The first-order valence-corrected chi connectivity index (χ1v) is 7.69. The summed E-state index contributed by atoms with van der Waals surface area (Å²) in [7, 11) is 0. The molecular formula is C15H20BrN3. The van der Waals surface area contributed by atoms with Gasteiger partial charge in [0.2, 0.25) is 0 Å². The molecule has 0 aliphatic carbocycles. The van der Waals surface area contributed by atoms with Crippen LogP contribution < -0.4 is 10.2 Å². The van der Waals surface area contributed by atoms with Gasteiger partial charge in [0.15, 0.2) is 0 Å². The Morgan fingerprint density at radius 2 is 2.37 bits per heavy atom. The van der Waals surface area contributed by atoms with Crippen LogP contribution in [0.3, 0.4) is 0 Å². The van der Waals surface area contributed by atoms with E-state index in [-0.39, 0.29) is 0 Å². The van der Waals surface area contributed by atoms with Crippen LogP contribution in [0.2, 0.25) is 0 Å². The fourth-order valence-electron chi connectivity index (χ4n) is 2.65. The highest BCUT2D eigenvalue weighted by atomic mass is 79.9. The largest absolute Gasteiger partial charge is 0.370 e. The van der Waals surface area contributed by atoms with Crippen LogP contribution >= 0.6 is 15.9 Å². The number of piperidine rings is 1. The van der Waals surface area contributed by atoms with Crippen LogP contribution in [-0.4, -0.2) is 26.2 Å². The second-order valence-corrected chi connectivity index (χ2v) is 5.94. The minimum absolute atomic E-state index is 0.680. The van der Waals surface area contributed by atoms with Crippen LogP contribution in [0.5, 0.6) is 0 Å². The van der Waals surface area contributed by atoms with E-state index in [0.29, 0.717) is 5.92 Å². The first-order valence-electron chi connectivity index (χ1n) is 6.90. The Balaban J connectivity index is 2.16. The Morgan fingerprint density at radius 3 is 3.00 bits per heavy atom. The van der Waals surface area contributed by atoms with Gasteiger partial charge in [0.1, 0.15) is 6.07 Å². The summed E-state index contributed by atoms with van der Waals surface area (Å²) in [5.74, 6) is 0.680. The zero-order valence-electron chi connectivity index (χ0n) is 11.3. The van der Waals surface area contributed by atoms with E-state index in [0.717, 1.165) is 41.9 Å². The highest BCUT2D eigenvalue weighted by molar-refractivity contribution is 9.10. The van der Waals surface area contributed by atoms with Crippen molar-refractivity contribution in [2.24, 2.45) is 5.92 Å². The van der Waals surface area contributed by atoms with Gasteiger partial charge in [-0.2, -0.15) is 5.26 Å². The summed E-state index contributed by atoms with van der Waals surface area (Å²) in [6.07, 6.45) is 2.53. The number of nitrogens with zero attached hydrogens (tertiary/aromatic N) is 2. The topological polar surface area (TPSA) is 39.1 Å². The minimum atomic E-state index is 0.680. The SMILES string of the molecule is CCN(CC1CCCNC1)c1cc(Br)ccc1C#N. The Hall–Kier alpha value is -1.05. The van der Waals surface area contributed by atoms with Crippen molar-refractivity contribution in [3.63, 3.8) is 0 Å². The molecule has 2 rings (SSSR count). The van der Waals surface area contributed by atoms with E-state index in [4.69, 9.17) is 0 Å². The van der Waals surface area contributed by atoms with Crippen molar-refractivity contribution in [1.82, 2.24) is 5.32 Å². The van der Waals surface area contributed by atoms with Gasteiger partial charge < -0.3 is 10.2 Å². The van der Waals surface area contributed by atoms with Crippen molar-refractivity contribution in [2.75, 3.05) is 31.1 Å². The van der Waals surface area contributed by atoms with Gasteiger partial charge in [-0.3, -0.25) is 0 Å². The third kappa shape index (κ3) is 3.71. The average Bonchev–Trinajstić information content (AvgIpc) is 2.46. The number of benzene rings is 1. The molecule has 1 N–H and O–H groups in total. The van der Waals surface area contributed by atoms with E-state index in [9.17, 15) is 5.26 Å². The first kappa shape index (κ1) is 14.4. The molecule has 1 atom stereocenters. The lowest BCUT2D eigenvalue weighted by Crippen LogP contribution is -2.38. The van der Waals surface area contributed by atoms with Gasteiger partial charge in [-0.1, -0.05) is 15.9 Å². The van der Waals surface area contributed by atoms with E-state index < -0.39 is 0 Å². The fraction of sp³-hybridized carbons (Fsp3) is 0.533. The number of halogens is 1. The molecule has 0 aromatic heterocycles. The normalized spacial score (nSPS) is 18.9. The number of anilines is 1. The Bertz CT molecular complexity index is 461. The summed E-state index contributed by atoms with van der Waals surface area (Å²) in [5, 5.41) is 12.7. The average molecular weight is 322 g/mol. The molecule has 1 aromatic carbocycles. The smallest absolute Gasteiger partial charge is 0.101 e. The van der Waals surface area contributed by atoms with Crippen molar-refractivity contribution in [1.29, 1.82) is 5.26 Å². The van der Waals surface area contributed by atoms with Gasteiger partial charge in [0.25, 0.3) is 0 Å². The second-order valence-electron chi connectivity index (χ2n) is 5.02. The Morgan fingerprint density at radius 1 is 1.53 bits per heavy atom. The molecule has 1 aliphatic heterocycles. The monoisotopic (exact) mass is 321 g/mol.